The van der Waals surface area contributed by atoms with E-state index in [-0.39, 0.29) is 11.9 Å². The summed E-state index contributed by atoms with van der Waals surface area (Å²) in [6.07, 6.45) is 4.77. The van der Waals surface area contributed by atoms with Crippen molar-refractivity contribution in [1.29, 1.82) is 0 Å². The largest absolute Gasteiger partial charge is 0.324 e. The number of carbonyl (C=O) groups excluding carboxylic acids is 1. The summed E-state index contributed by atoms with van der Waals surface area (Å²) in [5, 5.41) is 9.60. The van der Waals surface area contributed by atoms with Crippen molar-refractivity contribution in [2.45, 2.75) is 18.8 Å². The molecular formula is C14H16FN5O. The van der Waals surface area contributed by atoms with Gasteiger partial charge in [0.15, 0.2) is 0 Å². The van der Waals surface area contributed by atoms with Crippen molar-refractivity contribution in [2.24, 2.45) is 0 Å². The monoisotopic (exact) mass is 289 g/mol. The van der Waals surface area contributed by atoms with Crippen LogP contribution in [0.15, 0.2) is 30.6 Å². The predicted octanol–water partition coefficient (Wildman–Crippen LogP) is 2.36. The summed E-state index contributed by atoms with van der Waals surface area (Å²) < 4.78 is 12.8. The maximum Gasteiger partial charge on any atom is 0.323 e. The van der Waals surface area contributed by atoms with E-state index in [1.165, 1.54) is 12.1 Å². The highest BCUT2D eigenvalue weighted by Gasteiger charge is 2.25. The zero-order valence-corrected chi connectivity index (χ0v) is 11.4. The lowest BCUT2D eigenvalue weighted by Crippen LogP contribution is -2.41. The average molecular weight is 289 g/mol. The van der Waals surface area contributed by atoms with E-state index in [1.807, 2.05) is 6.07 Å². The molecule has 0 aromatic carbocycles. The molecule has 0 spiro atoms. The van der Waals surface area contributed by atoms with Crippen LogP contribution in [0, 0.1) is 5.82 Å². The highest BCUT2D eigenvalue weighted by atomic mass is 19.1. The van der Waals surface area contributed by atoms with Crippen LogP contribution in [0.4, 0.5) is 15.0 Å². The van der Waals surface area contributed by atoms with E-state index >= 15 is 0 Å². The smallest absolute Gasteiger partial charge is 0.323 e. The number of rotatable bonds is 2. The van der Waals surface area contributed by atoms with Crippen LogP contribution in [0.3, 0.4) is 0 Å². The molecule has 1 atom stereocenters. The number of halogens is 1. The van der Waals surface area contributed by atoms with E-state index in [4.69, 9.17) is 0 Å². The van der Waals surface area contributed by atoms with Crippen molar-refractivity contribution >= 4 is 11.8 Å². The Hall–Kier alpha value is -2.44. The minimum atomic E-state index is -0.426. The molecule has 1 fully saturated rings. The number of aromatic nitrogens is 3. The van der Waals surface area contributed by atoms with E-state index in [9.17, 15) is 9.18 Å². The van der Waals surface area contributed by atoms with E-state index in [0.29, 0.717) is 18.9 Å². The second-order valence-corrected chi connectivity index (χ2v) is 5.09. The second-order valence-electron chi connectivity index (χ2n) is 5.09. The van der Waals surface area contributed by atoms with Crippen molar-refractivity contribution in [3.63, 3.8) is 0 Å². The molecule has 6 nitrogen and oxygen atoms in total. The third-order valence-electron chi connectivity index (χ3n) is 3.63. The Kier molecular flexibility index (Phi) is 3.81. The van der Waals surface area contributed by atoms with Gasteiger partial charge in [-0.25, -0.2) is 14.2 Å². The topological polar surface area (TPSA) is 73.9 Å². The highest BCUT2D eigenvalue weighted by molar-refractivity contribution is 5.88. The number of anilines is 1. The van der Waals surface area contributed by atoms with Crippen molar-refractivity contribution in [3.8, 4) is 0 Å². The summed E-state index contributed by atoms with van der Waals surface area (Å²) in [4.78, 5) is 17.8. The number of carbonyl (C=O) groups is 1. The molecule has 3 rings (SSSR count). The molecule has 3 heterocycles. The van der Waals surface area contributed by atoms with Gasteiger partial charge in [-0.1, -0.05) is 0 Å². The Labute approximate surface area is 121 Å². The molecule has 0 aliphatic carbocycles. The van der Waals surface area contributed by atoms with Crippen LogP contribution in [-0.2, 0) is 0 Å². The van der Waals surface area contributed by atoms with Gasteiger partial charge < -0.3 is 4.90 Å². The van der Waals surface area contributed by atoms with E-state index in [0.717, 1.165) is 24.7 Å². The summed E-state index contributed by atoms with van der Waals surface area (Å²) in [6.45, 7) is 1.34. The predicted molar refractivity (Wildman–Crippen MR) is 75.3 cm³/mol. The number of H-pyrrole nitrogens is 1. The van der Waals surface area contributed by atoms with Crippen LogP contribution in [-0.4, -0.2) is 39.2 Å². The Bertz CT molecular complexity index is 598. The molecule has 0 saturated carbocycles. The molecule has 21 heavy (non-hydrogen) atoms. The fraction of sp³-hybridized carbons (Fsp3) is 0.357. The lowest BCUT2D eigenvalue weighted by molar-refractivity contribution is 0.192. The van der Waals surface area contributed by atoms with Crippen LogP contribution in [0.2, 0.25) is 0 Å². The van der Waals surface area contributed by atoms with Crippen molar-refractivity contribution < 1.29 is 9.18 Å². The van der Waals surface area contributed by atoms with Crippen molar-refractivity contribution in [1.82, 2.24) is 20.1 Å². The third-order valence-corrected chi connectivity index (χ3v) is 3.63. The first kappa shape index (κ1) is 13.5. The number of nitrogens with one attached hydrogen (secondary N) is 2. The molecule has 1 saturated heterocycles. The van der Waals surface area contributed by atoms with Gasteiger partial charge in [0.2, 0.25) is 0 Å². The van der Waals surface area contributed by atoms with Crippen LogP contribution >= 0.6 is 0 Å². The Morgan fingerprint density at radius 2 is 2.33 bits per heavy atom. The molecule has 2 amide bonds. The highest BCUT2D eigenvalue weighted by Crippen LogP contribution is 2.25. The summed E-state index contributed by atoms with van der Waals surface area (Å²) in [6, 6.07) is 4.45. The van der Waals surface area contributed by atoms with E-state index < -0.39 is 5.82 Å². The fourth-order valence-electron chi connectivity index (χ4n) is 2.55. The molecule has 0 bridgehead atoms. The van der Waals surface area contributed by atoms with Crippen LogP contribution < -0.4 is 5.32 Å². The van der Waals surface area contributed by atoms with Gasteiger partial charge in [-0.05, 0) is 31.0 Å². The molecule has 2 aromatic heterocycles. The van der Waals surface area contributed by atoms with Crippen LogP contribution in [0.25, 0.3) is 0 Å². The number of aromatic amines is 1. The quantitative estimate of drug-likeness (QED) is 0.891. The number of nitrogens with zero attached hydrogens (tertiary/aromatic N) is 3. The van der Waals surface area contributed by atoms with E-state index in [2.05, 4.69) is 20.5 Å². The molecule has 0 radical (unpaired) electrons. The standard InChI is InChI=1S/C14H16FN5O/c15-11-3-4-13(16-8-11)18-14(21)20-7-1-2-10(9-20)12-5-6-17-19-12/h3-6,8,10H,1-2,7,9H2,(H,17,19)(H,16,18,21). The molecule has 2 N–H and O–H groups in total. The summed E-state index contributed by atoms with van der Waals surface area (Å²) in [7, 11) is 0. The van der Waals surface area contributed by atoms with Gasteiger partial charge in [0.1, 0.15) is 11.6 Å². The second kappa shape index (κ2) is 5.90. The SMILES string of the molecule is O=C(Nc1ccc(F)cn1)N1CCCC(c2ccn[nH]2)C1. The van der Waals surface area contributed by atoms with Gasteiger partial charge in [-0.2, -0.15) is 5.10 Å². The molecule has 2 aromatic rings. The number of likely N-dealkylation sites (tertiary alicyclic amines) is 1. The van der Waals surface area contributed by atoms with Gasteiger partial charge in [0.25, 0.3) is 0 Å². The lowest BCUT2D eigenvalue weighted by Gasteiger charge is -2.32. The molecule has 1 unspecified atom stereocenters. The van der Waals surface area contributed by atoms with Crippen molar-refractivity contribution in [2.75, 3.05) is 18.4 Å². The first-order valence-electron chi connectivity index (χ1n) is 6.89. The lowest BCUT2D eigenvalue weighted by atomic mass is 9.95. The summed E-state index contributed by atoms with van der Waals surface area (Å²) in [5.74, 6) is 0.198. The first-order valence-corrected chi connectivity index (χ1v) is 6.89. The number of urea groups is 1. The third kappa shape index (κ3) is 3.18. The minimum Gasteiger partial charge on any atom is -0.324 e. The zero-order chi connectivity index (χ0) is 14.7. The zero-order valence-electron chi connectivity index (χ0n) is 11.4. The minimum absolute atomic E-state index is 0.210. The Morgan fingerprint density at radius 3 is 3.05 bits per heavy atom. The fourth-order valence-corrected chi connectivity index (χ4v) is 2.55. The van der Waals surface area contributed by atoms with Gasteiger partial charge in [0.05, 0.1) is 6.20 Å². The molecule has 1 aliphatic rings. The molecular weight excluding hydrogens is 273 g/mol. The summed E-state index contributed by atoms with van der Waals surface area (Å²) >= 11 is 0. The van der Waals surface area contributed by atoms with Crippen LogP contribution in [0.5, 0.6) is 0 Å². The van der Waals surface area contributed by atoms with Crippen molar-refractivity contribution in [3.05, 3.63) is 42.1 Å². The Balaban J connectivity index is 1.63. The molecule has 7 heteroatoms. The molecule has 110 valence electrons. The van der Waals surface area contributed by atoms with Gasteiger partial charge >= 0.3 is 6.03 Å². The number of piperidine rings is 1. The van der Waals surface area contributed by atoms with Crippen LogP contribution in [0.1, 0.15) is 24.5 Å². The maximum atomic E-state index is 12.8. The van der Waals surface area contributed by atoms with Gasteiger partial charge in [-0.15, -0.1) is 0 Å². The average Bonchev–Trinajstić information content (AvgIpc) is 3.04. The maximum absolute atomic E-state index is 12.8. The number of pyridine rings is 1. The normalized spacial score (nSPS) is 18.5. The number of hydrogen-bond donors (Lipinski definition) is 2. The summed E-state index contributed by atoms with van der Waals surface area (Å²) in [5.41, 5.74) is 1.05. The Morgan fingerprint density at radius 1 is 1.43 bits per heavy atom. The first-order chi connectivity index (χ1) is 10.2. The molecule has 1 aliphatic heterocycles. The van der Waals surface area contributed by atoms with Gasteiger partial charge in [-0.3, -0.25) is 10.4 Å². The number of hydrogen-bond acceptors (Lipinski definition) is 3. The van der Waals surface area contributed by atoms with Gasteiger partial charge in [0, 0.05) is 30.9 Å². The number of amides is 2. The van der Waals surface area contributed by atoms with E-state index in [1.54, 1.807) is 11.1 Å².